The Labute approximate surface area is 139 Å². The van der Waals surface area contributed by atoms with Crippen molar-refractivity contribution in [1.29, 1.82) is 0 Å². The molecule has 0 spiro atoms. The molecule has 1 heterocycles. The highest BCUT2D eigenvalue weighted by Crippen LogP contribution is 2.14. The highest BCUT2D eigenvalue weighted by atomic mass is 19.1. The van der Waals surface area contributed by atoms with Gasteiger partial charge in [0.2, 0.25) is 5.91 Å². The fraction of sp³-hybridized carbons (Fsp3) is 0.438. The van der Waals surface area contributed by atoms with Crippen molar-refractivity contribution in [2.75, 3.05) is 27.2 Å². The van der Waals surface area contributed by atoms with E-state index >= 15 is 0 Å². The number of nitrogens with zero attached hydrogens (tertiary/aromatic N) is 2. The molecule has 0 aromatic heterocycles. The Morgan fingerprint density at radius 3 is 2.79 bits per heavy atom. The molecule has 1 aromatic carbocycles. The molecule has 4 amide bonds. The summed E-state index contributed by atoms with van der Waals surface area (Å²) in [4.78, 5) is 39.0. The topological polar surface area (TPSA) is 81.8 Å². The summed E-state index contributed by atoms with van der Waals surface area (Å²) in [6, 6.07) is 4.24. The number of benzene rings is 1. The molecule has 1 aliphatic rings. The standard InChI is InChI=1S/C16H21FN4O3/c1-20(2)7-6-18-14(22)9-13-15(23)21(16(24)19-13)10-11-4-3-5-12(17)8-11/h3-5,8,13H,6-7,9-10H2,1-2H3,(H,18,22)(H,19,24)/t13-/m0/s1. The van der Waals surface area contributed by atoms with Gasteiger partial charge in [0.05, 0.1) is 13.0 Å². The first-order valence-corrected chi connectivity index (χ1v) is 7.64. The Bertz CT molecular complexity index is 636. The summed E-state index contributed by atoms with van der Waals surface area (Å²) in [6.45, 7) is 1.12. The highest BCUT2D eigenvalue weighted by molar-refractivity contribution is 6.05. The SMILES string of the molecule is CN(C)CCNC(=O)C[C@@H]1NC(=O)N(Cc2cccc(F)c2)C1=O. The molecule has 8 heteroatoms. The second-order valence-corrected chi connectivity index (χ2v) is 5.91. The number of imide groups is 1. The van der Waals surface area contributed by atoms with Gasteiger partial charge in [-0.2, -0.15) is 0 Å². The molecular weight excluding hydrogens is 315 g/mol. The summed E-state index contributed by atoms with van der Waals surface area (Å²) < 4.78 is 13.2. The van der Waals surface area contributed by atoms with Crippen LogP contribution in [-0.4, -0.2) is 60.9 Å². The van der Waals surface area contributed by atoms with Crippen molar-refractivity contribution in [3.05, 3.63) is 35.6 Å². The molecule has 24 heavy (non-hydrogen) atoms. The van der Waals surface area contributed by atoms with Crippen LogP contribution in [0.25, 0.3) is 0 Å². The van der Waals surface area contributed by atoms with E-state index in [0.29, 0.717) is 18.7 Å². The lowest BCUT2D eigenvalue weighted by molar-refractivity contribution is -0.131. The maximum absolute atomic E-state index is 13.2. The Morgan fingerprint density at radius 1 is 1.38 bits per heavy atom. The van der Waals surface area contributed by atoms with Crippen molar-refractivity contribution in [1.82, 2.24) is 20.4 Å². The molecule has 0 radical (unpaired) electrons. The summed E-state index contributed by atoms with van der Waals surface area (Å²) in [5.74, 6) is -1.22. The summed E-state index contributed by atoms with van der Waals surface area (Å²) in [5.41, 5.74) is 0.509. The summed E-state index contributed by atoms with van der Waals surface area (Å²) in [7, 11) is 3.77. The van der Waals surface area contributed by atoms with Gasteiger partial charge in [0.15, 0.2) is 0 Å². The van der Waals surface area contributed by atoms with Crippen LogP contribution in [0.4, 0.5) is 9.18 Å². The number of likely N-dealkylation sites (N-methyl/N-ethyl adjacent to an activating group) is 1. The van der Waals surface area contributed by atoms with E-state index in [0.717, 1.165) is 4.90 Å². The van der Waals surface area contributed by atoms with Crippen LogP contribution in [0.15, 0.2) is 24.3 Å². The first kappa shape index (κ1) is 17.9. The van der Waals surface area contributed by atoms with Gasteiger partial charge >= 0.3 is 6.03 Å². The van der Waals surface area contributed by atoms with Crippen LogP contribution in [0.2, 0.25) is 0 Å². The first-order valence-electron chi connectivity index (χ1n) is 7.64. The van der Waals surface area contributed by atoms with Crippen molar-refractivity contribution < 1.29 is 18.8 Å². The number of halogens is 1. The van der Waals surface area contributed by atoms with Crippen molar-refractivity contribution in [2.45, 2.75) is 19.0 Å². The maximum Gasteiger partial charge on any atom is 0.325 e. The number of amides is 4. The summed E-state index contributed by atoms with van der Waals surface area (Å²) >= 11 is 0. The van der Waals surface area contributed by atoms with Crippen molar-refractivity contribution in [3.63, 3.8) is 0 Å². The molecule has 0 unspecified atom stereocenters. The maximum atomic E-state index is 13.2. The summed E-state index contributed by atoms with van der Waals surface area (Å²) in [5, 5.41) is 5.19. The van der Waals surface area contributed by atoms with Crippen LogP contribution < -0.4 is 10.6 Å². The number of hydrogen-bond donors (Lipinski definition) is 2. The number of rotatable bonds is 7. The Balaban J connectivity index is 1.90. The highest BCUT2D eigenvalue weighted by Gasteiger charge is 2.38. The monoisotopic (exact) mass is 336 g/mol. The van der Waals surface area contributed by atoms with Crippen LogP contribution in [0.3, 0.4) is 0 Å². The molecule has 2 rings (SSSR count). The molecule has 0 bridgehead atoms. The third kappa shape index (κ3) is 4.76. The van der Waals surface area contributed by atoms with Crippen molar-refractivity contribution in [2.24, 2.45) is 0 Å². The summed E-state index contributed by atoms with van der Waals surface area (Å²) in [6.07, 6.45) is -0.113. The molecule has 2 N–H and O–H groups in total. The average Bonchev–Trinajstić information content (AvgIpc) is 2.74. The number of urea groups is 1. The second kappa shape index (κ2) is 7.87. The van der Waals surface area contributed by atoms with Gasteiger partial charge in [-0.15, -0.1) is 0 Å². The minimum Gasteiger partial charge on any atom is -0.355 e. The van der Waals surface area contributed by atoms with Crippen molar-refractivity contribution in [3.8, 4) is 0 Å². The molecule has 7 nitrogen and oxygen atoms in total. The van der Waals surface area contributed by atoms with Gasteiger partial charge in [-0.3, -0.25) is 14.5 Å². The molecule has 1 saturated heterocycles. The second-order valence-electron chi connectivity index (χ2n) is 5.91. The van der Waals surface area contributed by atoms with Gasteiger partial charge < -0.3 is 15.5 Å². The smallest absolute Gasteiger partial charge is 0.325 e. The predicted octanol–water partition coefficient (Wildman–Crippen LogP) is 0.314. The van der Waals surface area contributed by atoms with Gasteiger partial charge in [-0.25, -0.2) is 9.18 Å². The van der Waals surface area contributed by atoms with E-state index in [-0.39, 0.29) is 18.9 Å². The normalized spacial score (nSPS) is 17.3. The predicted molar refractivity (Wildman–Crippen MR) is 85.5 cm³/mol. The lowest BCUT2D eigenvalue weighted by atomic mass is 10.1. The zero-order valence-corrected chi connectivity index (χ0v) is 13.7. The van der Waals surface area contributed by atoms with Crippen LogP contribution >= 0.6 is 0 Å². The quantitative estimate of drug-likeness (QED) is 0.703. The Kier molecular flexibility index (Phi) is 5.86. The zero-order chi connectivity index (χ0) is 17.7. The van der Waals surface area contributed by atoms with Crippen molar-refractivity contribution >= 4 is 17.8 Å². The van der Waals surface area contributed by atoms with Gasteiger partial charge in [-0.1, -0.05) is 12.1 Å². The van der Waals surface area contributed by atoms with E-state index in [1.165, 1.54) is 18.2 Å². The molecule has 1 aliphatic heterocycles. The average molecular weight is 336 g/mol. The van der Waals surface area contributed by atoms with E-state index in [1.54, 1.807) is 6.07 Å². The largest absolute Gasteiger partial charge is 0.355 e. The van der Waals surface area contributed by atoms with E-state index < -0.39 is 23.8 Å². The van der Waals surface area contributed by atoms with Gasteiger partial charge in [0.25, 0.3) is 5.91 Å². The zero-order valence-electron chi connectivity index (χ0n) is 13.7. The minimum atomic E-state index is -0.884. The number of hydrogen-bond acceptors (Lipinski definition) is 4. The van der Waals surface area contributed by atoms with Gasteiger partial charge in [-0.05, 0) is 31.8 Å². The minimum absolute atomic E-state index is 0.0266. The van der Waals surface area contributed by atoms with Crippen LogP contribution in [0, 0.1) is 5.82 Å². The third-order valence-electron chi connectivity index (χ3n) is 3.61. The molecule has 1 fully saturated rings. The van der Waals surface area contributed by atoms with E-state index in [4.69, 9.17) is 0 Å². The Hall–Kier alpha value is -2.48. The number of nitrogens with one attached hydrogen (secondary N) is 2. The van der Waals surface area contributed by atoms with Crippen LogP contribution in [-0.2, 0) is 16.1 Å². The first-order chi connectivity index (χ1) is 11.4. The fourth-order valence-corrected chi connectivity index (χ4v) is 2.36. The van der Waals surface area contributed by atoms with Gasteiger partial charge in [0, 0.05) is 13.1 Å². The molecule has 130 valence electrons. The molecular formula is C16H21FN4O3. The van der Waals surface area contributed by atoms with E-state index in [9.17, 15) is 18.8 Å². The van der Waals surface area contributed by atoms with Crippen LogP contribution in [0.5, 0.6) is 0 Å². The number of carbonyl (C=O) groups excluding carboxylic acids is 3. The lowest BCUT2D eigenvalue weighted by Gasteiger charge is -2.13. The van der Waals surface area contributed by atoms with Gasteiger partial charge in [0.1, 0.15) is 11.9 Å². The molecule has 1 atom stereocenters. The molecule has 1 aromatic rings. The Morgan fingerprint density at radius 2 is 2.12 bits per heavy atom. The van der Waals surface area contributed by atoms with E-state index in [1.807, 2.05) is 19.0 Å². The van der Waals surface area contributed by atoms with Crippen LogP contribution in [0.1, 0.15) is 12.0 Å². The fourth-order valence-electron chi connectivity index (χ4n) is 2.36. The lowest BCUT2D eigenvalue weighted by Crippen LogP contribution is -2.38. The molecule has 0 aliphatic carbocycles. The molecule has 0 saturated carbocycles. The number of carbonyl (C=O) groups is 3. The van der Waals surface area contributed by atoms with E-state index in [2.05, 4.69) is 10.6 Å². The third-order valence-corrected chi connectivity index (χ3v) is 3.61.